The van der Waals surface area contributed by atoms with Gasteiger partial charge >= 0.3 is 0 Å². The summed E-state index contributed by atoms with van der Waals surface area (Å²) >= 11 is 0. The molecule has 2 rings (SSSR count). The molecule has 0 aromatic heterocycles. The van der Waals surface area contributed by atoms with E-state index in [1.54, 1.807) is 0 Å². The van der Waals surface area contributed by atoms with Gasteiger partial charge in [-0.1, -0.05) is 29.8 Å². The second-order valence-corrected chi connectivity index (χ2v) is 6.07. The van der Waals surface area contributed by atoms with E-state index in [1.807, 2.05) is 7.05 Å². The predicted octanol–water partition coefficient (Wildman–Crippen LogP) is 2.00. The van der Waals surface area contributed by atoms with E-state index in [4.69, 9.17) is 0 Å². The molecule has 1 aliphatic rings. The molecule has 116 valence electrons. The molecule has 0 bridgehead atoms. The summed E-state index contributed by atoms with van der Waals surface area (Å²) in [5.41, 5.74) is 2.58. The molecule has 1 fully saturated rings. The number of benzene rings is 1. The van der Waals surface area contributed by atoms with Crippen LogP contribution in [0.15, 0.2) is 29.3 Å². The van der Waals surface area contributed by atoms with Crippen LogP contribution in [0.25, 0.3) is 0 Å². The van der Waals surface area contributed by atoms with E-state index in [-0.39, 0.29) is 0 Å². The van der Waals surface area contributed by atoms with Crippen LogP contribution >= 0.6 is 0 Å². The SMILES string of the molecule is CN=C(NCc1cccc(C)c1)NCC1CCCN(C)C1. The Balaban J connectivity index is 1.75. The monoisotopic (exact) mass is 288 g/mol. The van der Waals surface area contributed by atoms with Crippen molar-refractivity contribution in [2.75, 3.05) is 33.7 Å². The average Bonchev–Trinajstić information content (AvgIpc) is 2.47. The first-order valence-electron chi connectivity index (χ1n) is 7.86. The Labute approximate surface area is 128 Å². The molecular weight excluding hydrogens is 260 g/mol. The third-order valence-electron chi connectivity index (χ3n) is 4.05. The van der Waals surface area contributed by atoms with E-state index in [1.165, 1.54) is 37.1 Å². The first-order chi connectivity index (χ1) is 10.2. The van der Waals surface area contributed by atoms with E-state index in [9.17, 15) is 0 Å². The Morgan fingerprint density at radius 1 is 1.38 bits per heavy atom. The molecule has 1 saturated heterocycles. The molecule has 1 heterocycles. The van der Waals surface area contributed by atoms with Crippen LogP contribution in [0.2, 0.25) is 0 Å². The number of likely N-dealkylation sites (tertiary alicyclic amines) is 1. The first-order valence-corrected chi connectivity index (χ1v) is 7.86. The molecule has 2 N–H and O–H groups in total. The molecule has 0 saturated carbocycles. The zero-order chi connectivity index (χ0) is 15.1. The summed E-state index contributed by atoms with van der Waals surface area (Å²) in [5, 5.41) is 6.85. The van der Waals surface area contributed by atoms with Crippen LogP contribution in [-0.2, 0) is 6.54 Å². The van der Waals surface area contributed by atoms with Gasteiger partial charge in [0, 0.05) is 26.7 Å². The maximum Gasteiger partial charge on any atom is 0.191 e. The molecule has 1 aromatic carbocycles. The summed E-state index contributed by atoms with van der Waals surface area (Å²) in [6.45, 7) is 6.35. The topological polar surface area (TPSA) is 39.7 Å². The van der Waals surface area contributed by atoms with Gasteiger partial charge in [0.25, 0.3) is 0 Å². The van der Waals surface area contributed by atoms with E-state index in [0.29, 0.717) is 0 Å². The molecule has 0 aliphatic carbocycles. The number of guanidine groups is 1. The van der Waals surface area contributed by atoms with Gasteiger partial charge in [-0.3, -0.25) is 4.99 Å². The Bertz CT molecular complexity index is 470. The van der Waals surface area contributed by atoms with Crippen LogP contribution in [-0.4, -0.2) is 44.6 Å². The maximum atomic E-state index is 4.31. The number of nitrogens with zero attached hydrogens (tertiary/aromatic N) is 2. The highest BCUT2D eigenvalue weighted by Gasteiger charge is 2.17. The average molecular weight is 288 g/mol. The molecule has 0 spiro atoms. The Hall–Kier alpha value is -1.55. The zero-order valence-corrected chi connectivity index (χ0v) is 13.5. The van der Waals surface area contributed by atoms with Crippen molar-refractivity contribution in [2.24, 2.45) is 10.9 Å². The molecule has 1 unspecified atom stereocenters. The van der Waals surface area contributed by atoms with E-state index >= 15 is 0 Å². The van der Waals surface area contributed by atoms with Crippen LogP contribution in [0.4, 0.5) is 0 Å². The number of hydrogen-bond donors (Lipinski definition) is 2. The summed E-state index contributed by atoms with van der Waals surface area (Å²) < 4.78 is 0. The van der Waals surface area contributed by atoms with Gasteiger partial charge in [-0.05, 0) is 44.8 Å². The second kappa shape index (κ2) is 8.03. The number of nitrogens with one attached hydrogen (secondary N) is 2. The fourth-order valence-electron chi connectivity index (χ4n) is 2.91. The summed E-state index contributed by atoms with van der Waals surface area (Å²) in [5.74, 6) is 1.62. The highest BCUT2D eigenvalue weighted by Crippen LogP contribution is 2.13. The highest BCUT2D eigenvalue weighted by atomic mass is 15.2. The number of piperidine rings is 1. The Kier molecular flexibility index (Phi) is 6.05. The molecule has 4 nitrogen and oxygen atoms in total. The Morgan fingerprint density at radius 2 is 2.24 bits per heavy atom. The molecule has 1 aliphatic heterocycles. The van der Waals surface area contributed by atoms with Gasteiger partial charge in [0.1, 0.15) is 0 Å². The molecule has 1 atom stereocenters. The lowest BCUT2D eigenvalue weighted by molar-refractivity contribution is 0.210. The number of hydrogen-bond acceptors (Lipinski definition) is 2. The minimum absolute atomic E-state index is 0.723. The van der Waals surface area contributed by atoms with Gasteiger partial charge in [0.2, 0.25) is 0 Å². The van der Waals surface area contributed by atoms with Crippen molar-refractivity contribution in [3.8, 4) is 0 Å². The van der Waals surface area contributed by atoms with Gasteiger partial charge < -0.3 is 15.5 Å². The summed E-state index contributed by atoms with van der Waals surface area (Å²) in [6, 6.07) is 8.57. The minimum atomic E-state index is 0.723. The van der Waals surface area contributed by atoms with Crippen molar-refractivity contribution in [3.63, 3.8) is 0 Å². The van der Waals surface area contributed by atoms with Crippen LogP contribution in [0.3, 0.4) is 0 Å². The van der Waals surface area contributed by atoms with Crippen molar-refractivity contribution in [2.45, 2.75) is 26.3 Å². The third-order valence-corrected chi connectivity index (χ3v) is 4.05. The standard InChI is InChI=1S/C17H28N4/c1-14-6-4-7-15(10-14)11-19-17(18-2)20-12-16-8-5-9-21(3)13-16/h4,6-7,10,16H,5,8-9,11-13H2,1-3H3,(H2,18,19,20). The second-order valence-electron chi connectivity index (χ2n) is 6.07. The number of aliphatic imine (C=N–C) groups is 1. The van der Waals surface area contributed by atoms with Gasteiger partial charge in [0.05, 0.1) is 0 Å². The first kappa shape index (κ1) is 15.8. The predicted molar refractivity (Wildman–Crippen MR) is 89.6 cm³/mol. The van der Waals surface area contributed by atoms with Gasteiger partial charge in [0.15, 0.2) is 5.96 Å². The van der Waals surface area contributed by atoms with Crippen LogP contribution < -0.4 is 10.6 Å². The fourth-order valence-corrected chi connectivity index (χ4v) is 2.91. The van der Waals surface area contributed by atoms with Crippen molar-refractivity contribution in [3.05, 3.63) is 35.4 Å². The number of aryl methyl sites for hydroxylation is 1. The van der Waals surface area contributed by atoms with Crippen LogP contribution in [0.1, 0.15) is 24.0 Å². The van der Waals surface area contributed by atoms with Gasteiger partial charge in [-0.2, -0.15) is 0 Å². The smallest absolute Gasteiger partial charge is 0.191 e. The largest absolute Gasteiger partial charge is 0.356 e. The van der Waals surface area contributed by atoms with Crippen LogP contribution in [0, 0.1) is 12.8 Å². The van der Waals surface area contributed by atoms with E-state index in [0.717, 1.165) is 25.0 Å². The van der Waals surface area contributed by atoms with E-state index < -0.39 is 0 Å². The fraction of sp³-hybridized carbons (Fsp3) is 0.588. The molecule has 21 heavy (non-hydrogen) atoms. The minimum Gasteiger partial charge on any atom is -0.356 e. The van der Waals surface area contributed by atoms with Gasteiger partial charge in [-0.25, -0.2) is 0 Å². The third kappa shape index (κ3) is 5.38. The highest BCUT2D eigenvalue weighted by molar-refractivity contribution is 5.79. The Morgan fingerprint density at radius 3 is 2.95 bits per heavy atom. The maximum absolute atomic E-state index is 4.31. The molecule has 1 aromatic rings. The summed E-state index contributed by atoms with van der Waals surface area (Å²) in [6.07, 6.45) is 2.62. The van der Waals surface area contributed by atoms with E-state index in [2.05, 4.69) is 58.8 Å². The summed E-state index contributed by atoms with van der Waals surface area (Å²) in [4.78, 5) is 6.73. The van der Waals surface area contributed by atoms with Crippen molar-refractivity contribution in [1.29, 1.82) is 0 Å². The normalized spacial score (nSPS) is 20.3. The lowest BCUT2D eigenvalue weighted by Gasteiger charge is -2.30. The summed E-state index contributed by atoms with van der Waals surface area (Å²) in [7, 11) is 4.04. The lowest BCUT2D eigenvalue weighted by atomic mass is 9.99. The quantitative estimate of drug-likeness (QED) is 0.657. The van der Waals surface area contributed by atoms with Gasteiger partial charge in [-0.15, -0.1) is 0 Å². The molecule has 4 heteroatoms. The van der Waals surface area contributed by atoms with Crippen molar-refractivity contribution < 1.29 is 0 Å². The lowest BCUT2D eigenvalue weighted by Crippen LogP contribution is -2.43. The zero-order valence-electron chi connectivity index (χ0n) is 13.5. The molecule has 0 radical (unpaired) electrons. The van der Waals surface area contributed by atoms with Crippen LogP contribution in [0.5, 0.6) is 0 Å². The van der Waals surface area contributed by atoms with Crippen molar-refractivity contribution in [1.82, 2.24) is 15.5 Å². The molecular formula is C17H28N4. The van der Waals surface area contributed by atoms with Crippen molar-refractivity contribution >= 4 is 5.96 Å². The number of rotatable bonds is 4. The molecule has 0 amide bonds.